The minimum absolute atomic E-state index is 0.0409. The molecule has 2 N–H and O–H groups in total. The molecule has 154 valence electrons. The summed E-state index contributed by atoms with van der Waals surface area (Å²) >= 11 is 0. The zero-order valence-corrected chi connectivity index (χ0v) is 18.4. The van der Waals surface area contributed by atoms with Crippen LogP contribution in [0.1, 0.15) is 80.1 Å². The lowest BCUT2D eigenvalue weighted by Gasteiger charge is -2.49. The van der Waals surface area contributed by atoms with Gasteiger partial charge < -0.3 is 10.5 Å². The van der Waals surface area contributed by atoms with Crippen molar-refractivity contribution in [3.8, 4) is 0 Å². The number of carbonyl (C=O) groups is 1. The number of fused-ring (bicyclic) bond motifs is 9. The molecule has 0 aromatic rings. The van der Waals surface area contributed by atoms with Crippen LogP contribution in [0, 0.1) is 52.3 Å². The van der Waals surface area contributed by atoms with Crippen LogP contribution >= 0.6 is 0 Å². The van der Waals surface area contributed by atoms with Crippen molar-refractivity contribution >= 4 is 5.97 Å². The van der Waals surface area contributed by atoms with Crippen LogP contribution in [-0.2, 0) is 9.53 Å². The number of hydrogen-bond acceptors (Lipinski definition) is 3. The highest BCUT2D eigenvalue weighted by Crippen LogP contribution is 2.71. The molecule has 8 atom stereocenters. The summed E-state index contributed by atoms with van der Waals surface area (Å²) in [6.45, 7) is 13.5. The number of nitrogens with two attached hydrogens (primary N) is 1. The average molecular weight is 376 g/mol. The van der Waals surface area contributed by atoms with E-state index in [9.17, 15) is 4.79 Å². The van der Waals surface area contributed by atoms with Crippen molar-refractivity contribution in [1.29, 1.82) is 0 Å². The Hall–Kier alpha value is -0.570. The van der Waals surface area contributed by atoms with Gasteiger partial charge in [0.05, 0.1) is 5.41 Å². The first-order valence-corrected chi connectivity index (χ1v) is 11.4. The predicted molar refractivity (Wildman–Crippen MR) is 109 cm³/mol. The summed E-state index contributed by atoms with van der Waals surface area (Å²) in [5.74, 6) is 5.36. The zero-order valence-electron chi connectivity index (χ0n) is 18.4. The Balaban J connectivity index is 1.58. The second kappa shape index (κ2) is 6.21. The summed E-state index contributed by atoms with van der Waals surface area (Å²) in [5.41, 5.74) is 5.34. The van der Waals surface area contributed by atoms with Crippen molar-refractivity contribution < 1.29 is 9.53 Å². The number of esters is 1. The zero-order chi connectivity index (χ0) is 19.8. The minimum atomic E-state index is -0.587. The first-order valence-electron chi connectivity index (χ1n) is 11.4. The maximum Gasteiger partial charge on any atom is 0.313 e. The van der Waals surface area contributed by atoms with E-state index < -0.39 is 5.41 Å². The Bertz CT molecular complexity index is 608. The Morgan fingerprint density at radius 1 is 1.07 bits per heavy atom. The first kappa shape index (κ1) is 19.7. The molecule has 27 heavy (non-hydrogen) atoms. The monoisotopic (exact) mass is 375 g/mol. The summed E-state index contributed by atoms with van der Waals surface area (Å²) in [6.07, 6.45) is 7.50. The van der Waals surface area contributed by atoms with Crippen LogP contribution in [0.2, 0.25) is 0 Å². The van der Waals surface area contributed by atoms with Gasteiger partial charge in [-0.25, -0.2) is 0 Å². The fraction of sp³-hybridized carbons (Fsp3) is 0.958. The van der Waals surface area contributed by atoms with Gasteiger partial charge in [-0.3, -0.25) is 4.79 Å². The SMILES string of the molecule is CC(C)C1(OC(=O)C(C)(CN)CC(C)(C)C)CC2CC1C1C3CCC(C3)C21. The quantitative estimate of drug-likeness (QED) is 0.542. The fourth-order valence-corrected chi connectivity index (χ4v) is 8.22. The lowest BCUT2D eigenvalue weighted by Crippen LogP contribution is -2.54. The third-order valence-electron chi connectivity index (χ3n) is 8.95. The van der Waals surface area contributed by atoms with E-state index in [2.05, 4.69) is 34.6 Å². The highest BCUT2D eigenvalue weighted by Gasteiger charge is 2.69. The maximum atomic E-state index is 13.5. The van der Waals surface area contributed by atoms with E-state index in [1.807, 2.05) is 6.92 Å². The van der Waals surface area contributed by atoms with Gasteiger partial charge in [0.2, 0.25) is 0 Å². The second-order valence-electron chi connectivity index (χ2n) is 12.3. The van der Waals surface area contributed by atoms with Crippen molar-refractivity contribution in [3.05, 3.63) is 0 Å². The van der Waals surface area contributed by atoms with E-state index in [0.29, 0.717) is 18.4 Å². The number of carbonyl (C=O) groups excluding carboxylic acids is 1. The largest absolute Gasteiger partial charge is 0.458 e. The summed E-state index contributed by atoms with van der Waals surface area (Å²) in [4.78, 5) is 13.5. The molecule has 0 aliphatic heterocycles. The third kappa shape index (κ3) is 2.90. The highest BCUT2D eigenvalue weighted by molar-refractivity contribution is 5.77. The van der Waals surface area contributed by atoms with Crippen molar-refractivity contribution in [2.24, 2.45) is 58.0 Å². The van der Waals surface area contributed by atoms with E-state index in [0.717, 1.165) is 42.4 Å². The van der Waals surface area contributed by atoms with Gasteiger partial charge in [0, 0.05) is 12.5 Å². The molecular weight excluding hydrogens is 334 g/mol. The molecule has 0 heterocycles. The molecule has 4 fully saturated rings. The van der Waals surface area contributed by atoms with Crippen molar-refractivity contribution in [2.75, 3.05) is 6.54 Å². The molecule has 3 nitrogen and oxygen atoms in total. The van der Waals surface area contributed by atoms with E-state index in [1.54, 1.807) is 0 Å². The molecule has 0 aromatic carbocycles. The molecular formula is C24H41NO2. The Morgan fingerprint density at radius 2 is 1.70 bits per heavy atom. The van der Waals surface area contributed by atoms with Gasteiger partial charge in [0.15, 0.2) is 0 Å². The van der Waals surface area contributed by atoms with Crippen molar-refractivity contribution in [1.82, 2.24) is 0 Å². The third-order valence-corrected chi connectivity index (χ3v) is 8.95. The molecule has 4 aliphatic rings. The molecule has 3 heteroatoms. The normalized spacial score (nSPS) is 44.6. The van der Waals surface area contributed by atoms with Gasteiger partial charge in [-0.15, -0.1) is 0 Å². The van der Waals surface area contributed by atoms with Crippen LogP contribution in [-0.4, -0.2) is 18.1 Å². The second-order valence-corrected chi connectivity index (χ2v) is 12.3. The highest BCUT2D eigenvalue weighted by atomic mass is 16.6. The van der Waals surface area contributed by atoms with E-state index in [1.165, 1.54) is 25.7 Å². The molecule has 0 amide bonds. The summed E-state index contributed by atoms with van der Waals surface area (Å²) in [5, 5.41) is 0. The number of rotatable bonds is 5. The van der Waals surface area contributed by atoms with Crippen molar-refractivity contribution in [3.63, 3.8) is 0 Å². The Morgan fingerprint density at radius 3 is 2.26 bits per heavy atom. The Kier molecular flexibility index (Phi) is 4.54. The molecule has 4 aliphatic carbocycles. The summed E-state index contributed by atoms with van der Waals surface area (Å²) in [7, 11) is 0. The molecule has 0 radical (unpaired) electrons. The predicted octanol–water partition coefficient (Wildman–Crippen LogP) is 5.03. The molecule has 0 saturated heterocycles. The summed E-state index contributed by atoms with van der Waals surface area (Å²) < 4.78 is 6.59. The average Bonchev–Trinajstić information content (AvgIpc) is 3.31. The smallest absolute Gasteiger partial charge is 0.313 e. The van der Waals surface area contributed by atoms with Gasteiger partial charge in [-0.05, 0) is 86.4 Å². The van der Waals surface area contributed by atoms with Crippen LogP contribution in [0.3, 0.4) is 0 Å². The van der Waals surface area contributed by atoms with E-state index >= 15 is 0 Å². The van der Waals surface area contributed by atoms with Gasteiger partial charge in [-0.2, -0.15) is 0 Å². The van der Waals surface area contributed by atoms with Gasteiger partial charge in [0.25, 0.3) is 0 Å². The van der Waals surface area contributed by atoms with Crippen LogP contribution in [0.25, 0.3) is 0 Å². The van der Waals surface area contributed by atoms with Crippen molar-refractivity contribution in [2.45, 2.75) is 85.7 Å². The molecule has 8 unspecified atom stereocenters. The van der Waals surface area contributed by atoms with Crippen LogP contribution in [0.4, 0.5) is 0 Å². The van der Waals surface area contributed by atoms with Crippen LogP contribution < -0.4 is 5.73 Å². The molecule has 4 rings (SSSR count). The van der Waals surface area contributed by atoms with Crippen LogP contribution in [0.15, 0.2) is 0 Å². The van der Waals surface area contributed by atoms with Crippen LogP contribution in [0.5, 0.6) is 0 Å². The Labute approximate surface area is 166 Å². The van der Waals surface area contributed by atoms with E-state index in [4.69, 9.17) is 10.5 Å². The number of hydrogen-bond donors (Lipinski definition) is 1. The molecule has 4 bridgehead atoms. The molecule has 0 spiro atoms. The van der Waals surface area contributed by atoms with Gasteiger partial charge in [0.1, 0.15) is 5.60 Å². The lowest BCUT2D eigenvalue weighted by molar-refractivity contribution is -0.192. The van der Waals surface area contributed by atoms with Gasteiger partial charge >= 0.3 is 5.97 Å². The minimum Gasteiger partial charge on any atom is -0.458 e. The van der Waals surface area contributed by atoms with Gasteiger partial charge in [-0.1, -0.05) is 34.6 Å². The maximum absolute atomic E-state index is 13.5. The lowest BCUT2D eigenvalue weighted by atomic mass is 9.62. The fourth-order valence-electron chi connectivity index (χ4n) is 8.22. The number of ether oxygens (including phenoxy) is 1. The summed E-state index contributed by atoms with van der Waals surface area (Å²) in [6, 6.07) is 0. The molecule has 4 saturated carbocycles. The van der Waals surface area contributed by atoms with E-state index in [-0.39, 0.29) is 17.0 Å². The first-order chi connectivity index (χ1) is 12.5. The molecule has 0 aromatic heterocycles. The topological polar surface area (TPSA) is 52.3 Å². The standard InChI is InChI=1S/C24H41NO2/c1-14(2)24(27-21(26)23(6,13-25)12-22(3,4)5)11-17-10-18(24)20-16-8-7-15(9-16)19(17)20/h14-20H,7-13,25H2,1-6H3.